The number of aliphatic hydroxyl groups is 1. The van der Waals surface area contributed by atoms with Crippen molar-refractivity contribution in [2.75, 3.05) is 6.54 Å². The molecule has 0 aliphatic rings. The Kier molecular flexibility index (Phi) is 4.86. The fourth-order valence-corrected chi connectivity index (χ4v) is 0.629. The van der Waals surface area contributed by atoms with Gasteiger partial charge in [0, 0.05) is 0 Å². The number of amides is 1. The molecule has 4 N–H and O–H groups in total. The number of alkyl halides is 3. The van der Waals surface area contributed by atoms with Gasteiger partial charge in [0.2, 0.25) is 5.91 Å². The van der Waals surface area contributed by atoms with Gasteiger partial charge in [-0.25, -0.2) is 0 Å². The quantitative estimate of drug-likeness (QED) is 0.604. The minimum absolute atomic E-state index is 0.327. The van der Waals surface area contributed by atoms with Gasteiger partial charge in [0.05, 0.1) is 12.6 Å². The first kappa shape index (κ1) is 13.2. The molecule has 0 heterocycles. The van der Waals surface area contributed by atoms with Crippen LogP contribution in [0.2, 0.25) is 0 Å². The maximum absolute atomic E-state index is 11.8. The van der Waals surface area contributed by atoms with Gasteiger partial charge in [-0.3, -0.25) is 4.79 Å². The van der Waals surface area contributed by atoms with Crippen LogP contribution in [0.25, 0.3) is 0 Å². The van der Waals surface area contributed by atoms with Crippen molar-refractivity contribution in [1.82, 2.24) is 5.32 Å². The molecule has 84 valence electrons. The molecule has 4 nitrogen and oxygen atoms in total. The van der Waals surface area contributed by atoms with Gasteiger partial charge in [0.1, 0.15) is 0 Å². The van der Waals surface area contributed by atoms with E-state index in [4.69, 9.17) is 10.8 Å². The first-order valence-corrected chi connectivity index (χ1v) is 4.07. The Morgan fingerprint density at radius 2 is 2.07 bits per heavy atom. The summed E-state index contributed by atoms with van der Waals surface area (Å²) in [4.78, 5) is 10.9. The molecule has 0 aliphatic heterocycles. The molecule has 2 unspecified atom stereocenters. The van der Waals surface area contributed by atoms with Gasteiger partial charge in [-0.15, -0.1) is 0 Å². The number of hydrogen-bond acceptors (Lipinski definition) is 3. The molecule has 0 saturated carbocycles. The zero-order valence-electron chi connectivity index (χ0n) is 7.64. The number of hydrogen-bond donors (Lipinski definition) is 3. The van der Waals surface area contributed by atoms with E-state index in [-0.39, 0.29) is 0 Å². The molecule has 0 spiro atoms. The lowest BCUT2D eigenvalue weighted by atomic mass is 10.2. The highest BCUT2D eigenvalue weighted by molar-refractivity contribution is 5.81. The number of rotatable bonds is 4. The van der Waals surface area contributed by atoms with E-state index in [2.05, 4.69) is 0 Å². The van der Waals surface area contributed by atoms with Crippen LogP contribution in [-0.4, -0.2) is 35.9 Å². The summed E-state index contributed by atoms with van der Waals surface area (Å²) >= 11 is 0. The molecule has 0 radical (unpaired) electrons. The highest BCUT2D eigenvalue weighted by Crippen LogP contribution is 2.19. The molecule has 14 heavy (non-hydrogen) atoms. The van der Waals surface area contributed by atoms with Crippen molar-refractivity contribution in [2.45, 2.75) is 31.7 Å². The number of nitrogens with one attached hydrogen (secondary N) is 1. The fourth-order valence-electron chi connectivity index (χ4n) is 0.629. The van der Waals surface area contributed by atoms with Crippen LogP contribution in [0.4, 0.5) is 13.2 Å². The van der Waals surface area contributed by atoms with Crippen LogP contribution >= 0.6 is 0 Å². The number of aliphatic hydroxyl groups excluding tert-OH is 1. The first-order chi connectivity index (χ1) is 6.29. The Bertz CT molecular complexity index is 196. The SMILES string of the molecule is CCC(N)C(=O)NCC(O)C(F)(F)F. The van der Waals surface area contributed by atoms with Gasteiger partial charge in [-0.05, 0) is 6.42 Å². The fraction of sp³-hybridized carbons (Fsp3) is 0.857. The second-order valence-corrected chi connectivity index (χ2v) is 2.82. The molecular formula is C7H13F3N2O2. The molecule has 1 amide bonds. The Balaban J connectivity index is 3.89. The summed E-state index contributed by atoms with van der Waals surface area (Å²) in [6, 6.07) is -0.838. The van der Waals surface area contributed by atoms with E-state index in [1.165, 1.54) is 0 Å². The first-order valence-electron chi connectivity index (χ1n) is 4.07. The second-order valence-electron chi connectivity index (χ2n) is 2.82. The Hall–Kier alpha value is -0.820. The molecule has 0 saturated heterocycles. The van der Waals surface area contributed by atoms with Crippen molar-refractivity contribution >= 4 is 5.91 Å². The Morgan fingerprint density at radius 3 is 2.43 bits per heavy atom. The highest BCUT2D eigenvalue weighted by Gasteiger charge is 2.38. The number of carbonyl (C=O) groups excluding carboxylic acids is 1. The monoisotopic (exact) mass is 214 g/mol. The van der Waals surface area contributed by atoms with Crippen LogP contribution < -0.4 is 11.1 Å². The molecule has 2 atom stereocenters. The topological polar surface area (TPSA) is 75.4 Å². The van der Waals surface area contributed by atoms with Crippen molar-refractivity contribution in [3.63, 3.8) is 0 Å². The van der Waals surface area contributed by atoms with Gasteiger partial charge in [0.15, 0.2) is 6.10 Å². The molecule has 0 aromatic carbocycles. The Labute approximate surface area is 79.3 Å². The van der Waals surface area contributed by atoms with E-state index in [0.717, 1.165) is 0 Å². The third-order valence-electron chi connectivity index (χ3n) is 1.62. The average molecular weight is 214 g/mol. The van der Waals surface area contributed by atoms with Crippen molar-refractivity contribution in [2.24, 2.45) is 5.73 Å². The molecule has 0 aliphatic carbocycles. The van der Waals surface area contributed by atoms with E-state index < -0.39 is 30.8 Å². The van der Waals surface area contributed by atoms with Gasteiger partial charge < -0.3 is 16.2 Å². The summed E-state index contributed by atoms with van der Waals surface area (Å²) in [5.74, 6) is -0.698. The molecule has 0 fully saturated rings. The standard InChI is InChI=1S/C7H13F3N2O2/c1-2-4(11)6(14)12-3-5(13)7(8,9)10/h4-5,13H,2-3,11H2,1H3,(H,12,14). The predicted octanol–water partition coefficient (Wildman–Crippen LogP) is -0.237. The molecule has 0 aromatic heterocycles. The summed E-state index contributed by atoms with van der Waals surface area (Å²) in [7, 11) is 0. The van der Waals surface area contributed by atoms with Gasteiger partial charge >= 0.3 is 6.18 Å². The normalized spacial score (nSPS) is 16.1. The summed E-state index contributed by atoms with van der Waals surface area (Å²) in [5.41, 5.74) is 5.24. The van der Waals surface area contributed by atoms with E-state index in [1.54, 1.807) is 6.92 Å². The highest BCUT2D eigenvalue weighted by atomic mass is 19.4. The third kappa shape index (κ3) is 4.43. The van der Waals surface area contributed by atoms with Crippen molar-refractivity contribution in [1.29, 1.82) is 0 Å². The zero-order chi connectivity index (χ0) is 11.4. The lowest BCUT2D eigenvalue weighted by molar-refractivity contribution is -0.201. The van der Waals surface area contributed by atoms with Crippen molar-refractivity contribution in [3.05, 3.63) is 0 Å². The van der Waals surface area contributed by atoms with E-state index in [1.807, 2.05) is 5.32 Å². The number of carbonyl (C=O) groups is 1. The van der Waals surface area contributed by atoms with Crippen molar-refractivity contribution < 1.29 is 23.1 Å². The van der Waals surface area contributed by atoms with Crippen LogP contribution in [0, 0.1) is 0 Å². The largest absolute Gasteiger partial charge is 0.416 e. The minimum Gasteiger partial charge on any atom is -0.382 e. The lowest BCUT2D eigenvalue weighted by Crippen LogP contribution is -2.46. The number of nitrogens with two attached hydrogens (primary N) is 1. The molecular weight excluding hydrogens is 201 g/mol. The van der Waals surface area contributed by atoms with Crippen LogP contribution in [0.5, 0.6) is 0 Å². The van der Waals surface area contributed by atoms with E-state index in [9.17, 15) is 18.0 Å². The maximum atomic E-state index is 11.8. The second kappa shape index (κ2) is 5.16. The predicted molar refractivity (Wildman–Crippen MR) is 43.3 cm³/mol. The van der Waals surface area contributed by atoms with Crippen LogP contribution in [0.15, 0.2) is 0 Å². The molecule has 0 aromatic rings. The Morgan fingerprint density at radius 1 is 1.57 bits per heavy atom. The summed E-state index contributed by atoms with van der Waals surface area (Å²) in [5, 5.41) is 10.4. The van der Waals surface area contributed by atoms with Gasteiger partial charge in [-0.1, -0.05) is 6.92 Å². The minimum atomic E-state index is -4.72. The zero-order valence-corrected chi connectivity index (χ0v) is 7.64. The summed E-state index contributed by atoms with van der Waals surface area (Å²) in [6.45, 7) is 0.764. The number of halogens is 3. The molecule has 0 rings (SSSR count). The van der Waals surface area contributed by atoms with Crippen LogP contribution in [0.3, 0.4) is 0 Å². The summed E-state index contributed by atoms with van der Waals surface area (Å²) in [6.07, 6.45) is -6.94. The summed E-state index contributed by atoms with van der Waals surface area (Å²) < 4.78 is 35.3. The van der Waals surface area contributed by atoms with Gasteiger partial charge in [0.25, 0.3) is 0 Å². The van der Waals surface area contributed by atoms with E-state index in [0.29, 0.717) is 6.42 Å². The van der Waals surface area contributed by atoms with Gasteiger partial charge in [-0.2, -0.15) is 13.2 Å². The maximum Gasteiger partial charge on any atom is 0.416 e. The van der Waals surface area contributed by atoms with Crippen LogP contribution in [0.1, 0.15) is 13.3 Å². The van der Waals surface area contributed by atoms with Crippen molar-refractivity contribution in [3.8, 4) is 0 Å². The van der Waals surface area contributed by atoms with Crippen LogP contribution in [-0.2, 0) is 4.79 Å². The molecule has 7 heteroatoms. The lowest BCUT2D eigenvalue weighted by Gasteiger charge is -2.16. The van der Waals surface area contributed by atoms with E-state index >= 15 is 0 Å². The molecule has 0 bridgehead atoms. The smallest absolute Gasteiger partial charge is 0.382 e. The third-order valence-corrected chi connectivity index (χ3v) is 1.62. The average Bonchev–Trinajstić information content (AvgIpc) is 2.10.